The maximum Gasteiger partial charge on any atom is 0.108 e. The molecule has 0 saturated carbocycles. The third kappa shape index (κ3) is 1.69. The highest BCUT2D eigenvalue weighted by Crippen LogP contribution is 2.45. The molecule has 0 N–H and O–H groups in total. The van der Waals surface area contributed by atoms with Crippen LogP contribution in [0.5, 0.6) is 0 Å². The molecule has 2 radical (unpaired) electrons. The number of allylic oxidation sites excluding steroid dienone is 3. The van der Waals surface area contributed by atoms with Gasteiger partial charge in [-0.3, -0.25) is 0 Å². The molecule has 17 heavy (non-hydrogen) atoms. The van der Waals surface area contributed by atoms with Crippen molar-refractivity contribution in [3.8, 4) is 0 Å². The normalized spacial score (nSPS) is 30.5. The van der Waals surface area contributed by atoms with Gasteiger partial charge in [0.25, 0.3) is 0 Å². The zero-order valence-corrected chi connectivity index (χ0v) is 10.5. The Morgan fingerprint density at radius 2 is 2.12 bits per heavy atom. The van der Waals surface area contributed by atoms with E-state index in [0.717, 1.165) is 5.47 Å². The quantitative estimate of drug-likeness (QED) is 0.583. The molecule has 1 aromatic carbocycles. The van der Waals surface area contributed by atoms with Crippen LogP contribution in [0, 0.1) is 18.8 Å². The summed E-state index contributed by atoms with van der Waals surface area (Å²) in [5, 5.41) is 0. The fraction of sp³-hybridized carbons (Fsp3) is 0.375. The molecule has 0 saturated heterocycles. The van der Waals surface area contributed by atoms with Crippen LogP contribution >= 0.6 is 0 Å². The summed E-state index contributed by atoms with van der Waals surface area (Å²) < 4.78 is 0. The van der Waals surface area contributed by atoms with Gasteiger partial charge < -0.3 is 0 Å². The molecule has 0 fully saturated rings. The van der Waals surface area contributed by atoms with Gasteiger partial charge in [0.05, 0.1) is 0 Å². The minimum atomic E-state index is 0.417. The van der Waals surface area contributed by atoms with Crippen LogP contribution in [0.2, 0.25) is 0 Å². The maximum absolute atomic E-state index is 6.18. The molecule has 84 valence electrons. The van der Waals surface area contributed by atoms with E-state index in [4.69, 9.17) is 7.85 Å². The van der Waals surface area contributed by atoms with Gasteiger partial charge in [-0.1, -0.05) is 43.4 Å². The standard InChI is InChI=1S/C16H17B/c1-10-8-15-13-5-3-4-11(2)12(13)6-7-14(15)16(17)9-10/h3-7,9-10,14-15H,8H2,1-2H3. The van der Waals surface area contributed by atoms with E-state index in [1.54, 1.807) is 0 Å². The summed E-state index contributed by atoms with van der Waals surface area (Å²) in [5.74, 6) is 1.59. The summed E-state index contributed by atoms with van der Waals surface area (Å²) in [6.45, 7) is 4.45. The number of fused-ring (bicyclic) bond motifs is 3. The van der Waals surface area contributed by atoms with Crippen molar-refractivity contribution < 1.29 is 0 Å². The van der Waals surface area contributed by atoms with Crippen molar-refractivity contribution in [1.29, 1.82) is 0 Å². The number of benzene rings is 1. The van der Waals surface area contributed by atoms with Gasteiger partial charge in [-0.25, -0.2) is 0 Å². The Morgan fingerprint density at radius 1 is 1.29 bits per heavy atom. The number of rotatable bonds is 0. The van der Waals surface area contributed by atoms with E-state index in [1.807, 2.05) is 0 Å². The van der Waals surface area contributed by atoms with Crippen LogP contribution in [0.4, 0.5) is 0 Å². The molecule has 0 aromatic heterocycles. The third-order valence-corrected chi connectivity index (χ3v) is 4.15. The van der Waals surface area contributed by atoms with E-state index in [1.165, 1.54) is 23.1 Å². The lowest BCUT2D eigenvalue weighted by Crippen LogP contribution is -2.24. The van der Waals surface area contributed by atoms with Crippen LogP contribution < -0.4 is 0 Å². The van der Waals surface area contributed by atoms with Gasteiger partial charge >= 0.3 is 0 Å². The lowest BCUT2D eigenvalue weighted by Gasteiger charge is -2.37. The molecular weight excluding hydrogens is 203 g/mol. The Bertz CT molecular complexity index is 510. The van der Waals surface area contributed by atoms with E-state index < -0.39 is 0 Å². The van der Waals surface area contributed by atoms with Crippen molar-refractivity contribution in [3.05, 3.63) is 52.5 Å². The minimum Gasteiger partial charge on any atom is -0.114 e. The number of hydrogen-bond donors (Lipinski definition) is 0. The average molecular weight is 220 g/mol. The highest BCUT2D eigenvalue weighted by molar-refractivity contribution is 6.22. The van der Waals surface area contributed by atoms with Crippen LogP contribution in [-0.4, -0.2) is 7.85 Å². The molecule has 0 aliphatic heterocycles. The predicted octanol–water partition coefficient (Wildman–Crippen LogP) is 3.81. The molecule has 0 amide bonds. The maximum atomic E-state index is 6.18. The van der Waals surface area contributed by atoms with Gasteiger partial charge in [-0.15, -0.1) is 5.47 Å². The minimum absolute atomic E-state index is 0.417. The van der Waals surface area contributed by atoms with E-state index in [2.05, 4.69) is 50.3 Å². The number of hydrogen-bond acceptors (Lipinski definition) is 0. The Balaban J connectivity index is 2.13. The topological polar surface area (TPSA) is 0 Å². The molecule has 1 aromatic rings. The lowest BCUT2D eigenvalue weighted by atomic mass is 9.63. The van der Waals surface area contributed by atoms with Gasteiger partial charge in [-0.05, 0) is 47.8 Å². The smallest absolute Gasteiger partial charge is 0.108 e. The summed E-state index contributed by atoms with van der Waals surface area (Å²) in [6.07, 6.45) is 7.98. The van der Waals surface area contributed by atoms with E-state index in [0.29, 0.717) is 17.8 Å². The fourth-order valence-electron chi connectivity index (χ4n) is 3.31. The molecule has 0 spiro atoms. The Kier molecular flexibility index (Phi) is 2.50. The average Bonchev–Trinajstić information content (AvgIpc) is 2.29. The van der Waals surface area contributed by atoms with E-state index in [9.17, 15) is 0 Å². The molecule has 2 aliphatic carbocycles. The molecular formula is C16H17B. The monoisotopic (exact) mass is 220 g/mol. The Labute approximate surface area is 105 Å². The van der Waals surface area contributed by atoms with Gasteiger partial charge in [0.15, 0.2) is 0 Å². The third-order valence-electron chi connectivity index (χ3n) is 4.15. The van der Waals surface area contributed by atoms with E-state index >= 15 is 0 Å². The molecule has 1 heteroatoms. The summed E-state index contributed by atoms with van der Waals surface area (Å²) in [5.41, 5.74) is 5.33. The zero-order chi connectivity index (χ0) is 12.0. The molecule has 3 rings (SSSR count). The van der Waals surface area contributed by atoms with Gasteiger partial charge in [0.2, 0.25) is 0 Å². The summed E-state index contributed by atoms with van der Waals surface area (Å²) >= 11 is 0. The zero-order valence-electron chi connectivity index (χ0n) is 10.5. The van der Waals surface area contributed by atoms with Crippen molar-refractivity contribution in [2.24, 2.45) is 11.8 Å². The molecule has 3 atom stereocenters. The van der Waals surface area contributed by atoms with Crippen molar-refractivity contribution in [1.82, 2.24) is 0 Å². The SMILES string of the molecule is [B]C1=CC(C)CC2c3cccc(C)c3C=CC12. The molecule has 0 nitrogen and oxygen atoms in total. The fourth-order valence-corrected chi connectivity index (χ4v) is 3.31. The summed E-state index contributed by atoms with van der Waals surface area (Å²) in [4.78, 5) is 0. The van der Waals surface area contributed by atoms with Crippen LogP contribution in [0.3, 0.4) is 0 Å². The first-order valence-electron chi connectivity index (χ1n) is 6.41. The second kappa shape index (κ2) is 3.91. The first-order valence-corrected chi connectivity index (χ1v) is 6.41. The predicted molar refractivity (Wildman–Crippen MR) is 74.1 cm³/mol. The highest BCUT2D eigenvalue weighted by atomic mass is 14.3. The molecule has 2 aliphatic rings. The van der Waals surface area contributed by atoms with Crippen LogP contribution in [0.1, 0.15) is 36.0 Å². The molecule has 0 heterocycles. The van der Waals surface area contributed by atoms with Gasteiger partial charge in [0.1, 0.15) is 7.85 Å². The lowest BCUT2D eigenvalue weighted by molar-refractivity contribution is 0.447. The number of aryl methyl sites for hydroxylation is 1. The second-order valence-electron chi connectivity index (χ2n) is 5.45. The van der Waals surface area contributed by atoms with Crippen LogP contribution in [0.15, 0.2) is 35.8 Å². The summed E-state index contributed by atoms with van der Waals surface area (Å²) in [6, 6.07) is 6.63. The van der Waals surface area contributed by atoms with E-state index in [-0.39, 0.29) is 0 Å². The van der Waals surface area contributed by atoms with Crippen LogP contribution in [-0.2, 0) is 0 Å². The van der Waals surface area contributed by atoms with Crippen molar-refractivity contribution in [2.45, 2.75) is 26.2 Å². The first kappa shape index (κ1) is 10.9. The highest BCUT2D eigenvalue weighted by Gasteiger charge is 2.31. The second-order valence-corrected chi connectivity index (χ2v) is 5.45. The van der Waals surface area contributed by atoms with Crippen molar-refractivity contribution in [2.75, 3.05) is 0 Å². The Hall–Kier alpha value is -1.24. The molecule has 0 bridgehead atoms. The van der Waals surface area contributed by atoms with Crippen molar-refractivity contribution >= 4 is 13.9 Å². The van der Waals surface area contributed by atoms with Gasteiger partial charge in [0, 0.05) is 0 Å². The van der Waals surface area contributed by atoms with Crippen molar-refractivity contribution in [3.63, 3.8) is 0 Å². The summed E-state index contributed by atoms with van der Waals surface area (Å²) in [7, 11) is 6.18. The largest absolute Gasteiger partial charge is 0.114 e. The molecule has 3 unspecified atom stereocenters. The van der Waals surface area contributed by atoms with Crippen LogP contribution in [0.25, 0.3) is 6.08 Å². The Morgan fingerprint density at radius 3 is 2.94 bits per heavy atom. The first-order chi connectivity index (χ1) is 8.16. The van der Waals surface area contributed by atoms with Gasteiger partial charge in [-0.2, -0.15) is 0 Å².